The van der Waals surface area contributed by atoms with Crippen LogP contribution in [-0.4, -0.2) is 31.4 Å². The second-order valence-electron chi connectivity index (χ2n) is 4.97. The smallest absolute Gasteiger partial charge is 0.243 e. The Morgan fingerprint density at radius 1 is 1.35 bits per heavy atom. The van der Waals surface area contributed by atoms with Crippen molar-refractivity contribution >= 4 is 10.0 Å². The maximum absolute atomic E-state index is 13.5. The summed E-state index contributed by atoms with van der Waals surface area (Å²) in [7, 11) is -2.49. The Hall–Kier alpha value is -1.99. The monoisotopic (exact) mass is 338 g/mol. The fourth-order valence-electron chi connectivity index (χ4n) is 2.38. The maximum atomic E-state index is 13.5. The van der Waals surface area contributed by atoms with Crippen LogP contribution >= 0.6 is 0 Å². The topological polar surface area (TPSA) is 59.5 Å². The molecule has 2 aromatic rings. The highest BCUT2D eigenvalue weighted by molar-refractivity contribution is 7.89. The van der Waals surface area contributed by atoms with E-state index in [1.807, 2.05) is 6.07 Å². The number of halogens is 1. The van der Waals surface area contributed by atoms with Crippen molar-refractivity contribution < 1.29 is 17.5 Å². The van der Waals surface area contributed by atoms with Crippen LogP contribution in [0.1, 0.15) is 25.5 Å². The van der Waals surface area contributed by atoms with Crippen LogP contribution in [0.15, 0.2) is 47.6 Å². The Morgan fingerprint density at radius 2 is 2.09 bits per heavy atom. The van der Waals surface area contributed by atoms with Crippen LogP contribution in [0.5, 0.6) is 5.75 Å². The van der Waals surface area contributed by atoms with Gasteiger partial charge in [0.1, 0.15) is 0 Å². The highest BCUT2D eigenvalue weighted by atomic mass is 32.2. The van der Waals surface area contributed by atoms with Crippen molar-refractivity contribution in [2.75, 3.05) is 13.7 Å². The van der Waals surface area contributed by atoms with E-state index < -0.39 is 21.9 Å². The van der Waals surface area contributed by atoms with Crippen molar-refractivity contribution in [3.05, 3.63) is 54.1 Å². The minimum absolute atomic E-state index is 0.00617. The lowest BCUT2D eigenvalue weighted by Gasteiger charge is -2.27. The minimum atomic E-state index is -3.79. The first-order chi connectivity index (χ1) is 10.9. The summed E-state index contributed by atoms with van der Waals surface area (Å²) in [6.07, 6.45) is 3.26. The number of nitrogens with zero attached hydrogens (tertiary/aromatic N) is 2. The quantitative estimate of drug-likeness (QED) is 0.812. The van der Waals surface area contributed by atoms with Crippen LogP contribution in [0.3, 0.4) is 0 Å². The van der Waals surface area contributed by atoms with Gasteiger partial charge in [-0.15, -0.1) is 0 Å². The lowest BCUT2D eigenvalue weighted by molar-refractivity contribution is 0.355. The van der Waals surface area contributed by atoms with Gasteiger partial charge in [-0.1, -0.05) is 13.0 Å². The molecule has 5 nitrogen and oxygen atoms in total. The molecular formula is C16H19FN2O3S. The molecule has 1 aromatic carbocycles. The number of benzene rings is 1. The average Bonchev–Trinajstić information content (AvgIpc) is 2.56. The van der Waals surface area contributed by atoms with Crippen molar-refractivity contribution in [2.24, 2.45) is 0 Å². The van der Waals surface area contributed by atoms with Crippen molar-refractivity contribution in [3.8, 4) is 5.75 Å². The number of hydrogen-bond donors (Lipinski definition) is 0. The van der Waals surface area contributed by atoms with Gasteiger partial charge in [-0.05, 0) is 30.7 Å². The molecule has 0 fully saturated rings. The summed E-state index contributed by atoms with van der Waals surface area (Å²) in [4.78, 5) is 4.02. The first-order valence-electron chi connectivity index (χ1n) is 7.17. The van der Waals surface area contributed by atoms with Crippen molar-refractivity contribution in [1.29, 1.82) is 0 Å². The Labute approximate surface area is 135 Å². The van der Waals surface area contributed by atoms with Gasteiger partial charge in [-0.3, -0.25) is 4.98 Å². The third kappa shape index (κ3) is 3.51. The molecule has 0 N–H and O–H groups in total. The van der Waals surface area contributed by atoms with E-state index in [4.69, 9.17) is 4.74 Å². The average molecular weight is 338 g/mol. The number of methoxy groups -OCH3 is 1. The molecule has 0 saturated heterocycles. The van der Waals surface area contributed by atoms with Crippen LogP contribution in [0, 0.1) is 5.82 Å². The molecule has 0 spiro atoms. The van der Waals surface area contributed by atoms with E-state index in [1.54, 1.807) is 32.3 Å². The van der Waals surface area contributed by atoms with Gasteiger partial charge < -0.3 is 4.74 Å². The zero-order valence-corrected chi connectivity index (χ0v) is 14.0. The maximum Gasteiger partial charge on any atom is 0.243 e. The zero-order valence-electron chi connectivity index (χ0n) is 13.2. The number of aromatic nitrogens is 1. The molecule has 0 saturated carbocycles. The lowest BCUT2D eigenvalue weighted by atomic mass is 10.1. The molecule has 2 rings (SSSR count). The molecule has 0 radical (unpaired) electrons. The van der Waals surface area contributed by atoms with E-state index >= 15 is 0 Å². The highest BCUT2D eigenvalue weighted by Gasteiger charge is 2.29. The molecule has 0 unspecified atom stereocenters. The molecule has 0 aliphatic heterocycles. The summed E-state index contributed by atoms with van der Waals surface area (Å²) in [5.41, 5.74) is 0.784. The summed E-state index contributed by atoms with van der Waals surface area (Å²) >= 11 is 0. The van der Waals surface area contributed by atoms with Gasteiger partial charge >= 0.3 is 0 Å². The molecule has 0 aliphatic rings. The molecule has 0 aliphatic carbocycles. The normalized spacial score (nSPS) is 13.1. The van der Waals surface area contributed by atoms with Crippen molar-refractivity contribution in [2.45, 2.75) is 24.8 Å². The van der Waals surface area contributed by atoms with Crippen molar-refractivity contribution in [1.82, 2.24) is 9.29 Å². The molecule has 0 bridgehead atoms. The number of hydrogen-bond acceptors (Lipinski definition) is 4. The van der Waals surface area contributed by atoms with Crippen LogP contribution in [0.4, 0.5) is 4.39 Å². The fourth-order valence-corrected chi connectivity index (χ4v) is 4.02. The predicted octanol–water partition coefficient (Wildman–Crippen LogP) is 3.00. The largest absolute Gasteiger partial charge is 0.494 e. The zero-order chi connectivity index (χ0) is 17.0. The number of sulfonamides is 1. The first kappa shape index (κ1) is 17.4. The van der Waals surface area contributed by atoms with Gasteiger partial charge in [-0.2, -0.15) is 4.31 Å². The fraction of sp³-hybridized carbons (Fsp3) is 0.312. The second kappa shape index (κ2) is 7.06. The molecule has 124 valence electrons. The molecule has 1 aromatic heterocycles. The van der Waals surface area contributed by atoms with Gasteiger partial charge in [0, 0.05) is 31.0 Å². The van der Waals surface area contributed by atoms with E-state index in [0.29, 0.717) is 0 Å². The van der Waals surface area contributed by atoms with E-state index in [9.17, 15) is 12.8 Å². The number of pyridine rings is 1. The molecular weight excluding hydrogens is 319 g/mol. The molecule has 1 heterocycles. The van der Waals surface area contributed by atoms with Gasteiger partial charge in [0.25, 0.3) is 0 Å². The summed E-state index contributed by atoms with van der Waals surface area (Å²) in [5, 5.41) is 0. The van der Waals surface area contributed by atoms with Crippen molar-refractivity contribution in [3.63, 3.8) is 0 Å². The molecule has 0 amide bonds. The Balaban J connectivity index is 2.43. The number of rotatable bonds is 6. The molecule has 1 atom stereocenters. The van der Waals surface area contributed by atoms with Crippen LogP contribution in [-0.2, 0) is 10.0 Å². The van der Waals surface area contributed by atoms with Crippen LogP contribution < -0.4 is 4.74 Å². The third-order valence-corrected chi connectivity index (χ3v) is 5.68. The number of ether oxygens (including phenoxy) is 1. The Morgan fingerprint density at radius 3 is 2.65 bits per heavy atom. The minimum Gasteiger partial charge on any atom is -0.494 e. The van der Waals surface area contributed by atoms with Crippen LogP contribution in [0.25, 0.3) is 0 Å². The lowest BCUT2D eigenvalue weighted by Crippen LogP contribution is -2.33. The standard InChI is InChI=1S/C16H19FN2O3S/c1-4-19(12(2)13-6-5-9-18-11-13)23(20,21)14-7-8-15(17)16(10-14)22-3/h5-12H,4H2,1-3H3/t12-/m1/s1. The third-order valence-electron chi connectivity index (χ3n) is 3.64. The van der Waals surface area contributed by atoms with Gasteiger partial charge in [0.2, 0.25) is 10.0 Å². The van der Waals surface area contributed by atoms with Crippen LogP contribution in [0.2, 0.25) is 0 Å². The molecule has 7 heteroatoms. The second-order valence-corrected chi connectivity index (χ2v) is 6.86. The molecule has 23 heavy (non-hydrogen) atoms. The van der Waals surface area contributed by atoms with E-state index in [2.05, 4.69) is 4.98 Å². The predicted molar refractivity (Wildman–Crippen MR) is 85.2 cm³/mol. The van der Waals surface area contributed by atoms with E-state index in [1.165, 1.54) is 23.5 Å². The first-order valence-corrected chi connectivity index (χ1v) is 8.61. The summed E-state index contributed by atoms with van der Waals surface area (Å²) in [5.74, 6) is -0.703. The SMILES string of the molecule is CCN([C@H](C)c1cccnc1)S(=O)(=O)c1ccc(F)c(OC)c1. The van der Waals surface area contributed by atoms with E-state index in [0.717, 1.165) is 11.6 Å². The summed E-state index contributed by atoms with van der Waals surface area (Å²) < 4.78 is 45.5. The Kier molecular flexibility index (Phi) is 5.33. The van der Waals surface area contributed by atoms with Gasteiger partial charge in [0.15, 0.2) is 11.6 Å². The Bertz CT molecular complexity index is 766. The van der Waals surface area contributed by atoms with Gasteiger partial charge in [0.05, 0.1) is 12.0 Å². The van der Waals surface area contributed by atoms with Gasteiger partial charge in [-0.25, -0.2) is 12.8 Å². The highest BCUT2D eigenvalue weighted by Crippen LogP contribution is 2.29. The summed E-state index contributed by atoms with van der Waals surface area (Å²) in [6, 6.07) is 6.72. The van der Waals surface area contributed by atoms with E-state index in [-0.39, 0.29) is 17.2 Å². The summed E-state index contributed by atoms with van der Waals surface area (Å²) in [6.45, 7) is 3.82.